The summed E-state index contributed by atoms with van der Waals surface area (Å²) in [6.45, 7) is 2.61. The largest absolute Gasteiger partial charge is 0.306 e. The summed E-state index contributed by atoms with van der Waals surface area (Å²) in [6.07, 6.45) is 13.0. The lowest BCUT2D eigenvalue weighted by Gasteiger charge is -2.38. The molecule has 0 saturated heterocycles. The van der Waals surface area contributed by atoms with E-state index in [0.29, 0.717) is 5.41 Å². The fourth-order valence-corrected chi connectivity index (χ4v) is 4.01. The highest BCUT2D eigenvalue weighted by Crippen LogP contribution is 2.37. The molecule has 0 aromatic heterocycles. The third kappa shape index (κ3) is 3.89. The van der Waals surface area contributed by atoms with Gasteiger partial charge in [0.25, 0.3) is 0 Å². The normalized spacial score (nSPS) is 25.6. The molecule has 0 spiro atoms. The molecule has 0 atom stereocenters. The van der Waals surface area contributed by atoms with Crippen LogP contribution in [0.2, 0.25) is 0 Å². The molecule has 0 heterocycles. The molecule has 0 N–H and O–H groups in total. The van der Waals surface area contributed by atoms with Crippen molar-refractivity contribution < 1.29 is 0 Å². The topological polar surface area (TPSA) is 3.24 Å². The number of hydrogen-bond acceptors (Lipinski definition) is 2. The van der Waals surface area contributed by atoms with Gasteiger partial charge in [0.1, 0.15) is 0 Å². The number of thiol groups is 1. The first kappa shape index (κ1) is 13.7. The van der Waals surface area contributed by atoms with Crippen LogP contribution in [0.5, 0.6) is 0 Å². The molecule has 0 bridgehead atoms. The predicted molar refractivity (Wildman–Crippen MR) is 78.8 cm³/mol. The van der Waals surface area contributed by atoms with Gasteiger partial charge in [0, 0.05) is 13.1 Å². The van der Waals surface area contributed by atoms with E-state index in [0.717, 1.165) is 11.7 Å². The van der Waals surface area contributed by atoms with Crippen molar-refractivity contribution in [3.63, 3.8) is 0 Å². The van der Waals surface area contributed by atoms with Gasteiger partial charge in [-0.15, -0.1) is 0 Å². The van der Waals surface area contributed by atoms with Crippen molar-refractivity contribution in [2.75, 3.05) is 25.9 Å². The molecule has 2 heteroatoms. The van der Waals surface area contributed by atoms with E-state index in [-0.39, 0.29) is 0 Å². The van der Waals surface area contributed by atoms with Crippen molar-refractivity contribution in [1.82, 2.24) is 4.90 Å². The van der Waals surface area contributed by atoms with Crippen molar-refractivity contribution in [2.45, 2.75) is 57.8 Å². The van der Waals surface area contributed by atoms with E-state index in [9.17, 15) is 0 Å². The van der Waals surface area contributed by atoms with Gasteiger partial charge in [0.05, 0.1) is 0 Å². The third-order valence-electron chi connectivity index (χ3n) is 4.90. The fourth-order valence-electron chi connectivity index (χ4n) is 3.60. The molecular formula is C15H29NS. The van der Waals surface area contributed by atoms with E-state index in [4.69, 9.17) is 0 Å². The van der Waals surface area contributed by atoms with E-state index in [1.54, 1.807) is 0 Å². The van der Waals surface area contributed by atoms with Crippen molar-refractivity contribution in [3.05, 3.63) is 0 Å². The van der Waals surface area contributed by atoms with Crippen molar-refractivity contribution >= 4 is 12.6 Å². The lowest BCUT2D eigenvalue weighted by atomic mass is 9.80. The van der Waals surface area contributed by atoms with Crippen LogP contribution in [0.1, 0.15) is 57.8 Å². The van der Waals surface area contributed by atoms with Crippen LogP contribution in [0.25, 0.3) is 0 Å². The van der Waals surface area contributed by atoms with Gasteiger partial charge in [-0.3, -0.25) is 0 Å². The molecule has 1 nitrogen and oxygen atoms in total. The molecule has 0 unspecified atom stereocenters. The van der Waals surface area contributed by atoms with Gasteiger partial charge in [0.15, 0.2) is 0 Å². The lowest BCUT2D eigenvalue weighted by Crippen LogP contribution is -2.40. The molecule has 0 aliphatic heterocycles. The minimum atomic E-state index is 0.526. The van der Waals surface area contributed by atoms with Crippen LogP contribution in [-0.2, 0) is 0 Å². The summed E-state index contributed by atoms with van der Waals surface area (Å²) in [6, 6.07) is 0. The molecular weight excluding hydrogens is 226 g/mol. The van der Waals surface area contributed by atoms with Crippen LogP contribution in [-0.4, -0.2) is 30.8 Å². The summed E-state index contributed by atoms with van der Waals surface area (Å²) >= 11 is 4.67. The van der Waals surface area contributed by atoms with E-state index in [2.05, 4.69) is 24.6 Å². The zero-order valence-corrected chi connectivity index (χ0v) is 12.4. The van der Waals surface area contributed by atoms with Crippen LogP contribution in [0, 0.1) is 11.3 Å². The van der Waals surface area contributed by atoms with Crippen molar-refractivity contribution in [2.24, 2.45) is 11.3 Å². The summed E-state index contributed by atoms with van der Waals surface area (Å²) in [7, 11) is 2.33. The summed E-state index contributed by atoms with van der Waals surface area (Å²) in [4.78, 5) is 2.60. The second-order valence-corrected chi connectivity index (χ2v) is 6.88. The molecule has 0 aromatic carbocycles. The molecule has 0 aromatic rings. The van der Waals surface area contributed by atoms with Gasteiger partial charge >= 0.3 is 0 Å². The number of rotatable bonds is 5. The van der Waals surface area contributed by atoms with Gasteiger partial charge in [-0.1, -0.05) is 32.1 Å². The van der Waals surface area contributed by atoms with Gasteiger partial charge < -0.3 is 4.90 Å². The molecule has 2 aliphatic carbocycles. The maximum atomic E-state index is 4.67. The molecule has 0 amide bonds. The molecule has 17 heavy (non-hydrogen) atoms. The lowest BCUT2D eigenvalue weighted by molar-refractivity contribution is 0.135. The Kier molecular flexibility index (Phi) is 5.23. The number of nitrogens with zero attached hydrogens (tertiary/aromatic N) is 1. The maximum Gasteiger partial charge on any atom is 0.00429 e. The van der Waals surface area contributed by atoms with Gasteiger partial charge in [-0.25, -0.2) is 0 Å². The Balaban J connectivity index is 1.83. The second kappa shape index (κ2) is 6.47. The van der Waals surface area contributed by atoms with E-state index in [1.165, 1.54) is 70.9 Å². The average Bonchev–Trinajstić information content (AvgIpc) is 2.50. The van der Waals surface area contributed by atoms with Crippen molar-refractivity contribution in [3.8, 4) is 0 Å². The Morgan fingerprint density at radius 1 is 1.06 bits per heavy atom. The second-order valence-electron chi connectivity index (χ2n) is 6.57. The minimum absolute atomic E-state index is 0.526. The molecule has 2 fully saturated rings. The van der Waals surface area contributed by atoms with Crippen molar-refractivity contribution in [1.29, 1.82) is 0 Å². The van der Waals surface area contributed by atoms with Crippen LogP contribution >= 0.6 is 12.6 Å². The molecule has 0 radical (unpaired) electrons. The Morgan fingerprint density at radius 2 is 1.71 bits per heavy atom. The highest BCUT2D eigenvalue weighted by atomic mass is 32.1. The summed E-state index contributed by atoms with van der Waals surface area (Å²) in [5.41, 5.74) is 0.526. The van der Waals surface area contributed by atoms with Crippen LogP contribution in [0.15, 0.2) is 0 Å². The highest BCUT2D eigenvalue weighted by molar-refractivity contribution is 7.80. The van der Waals surface area contributed by atoms with E-state index < -0.39 is 0 Å². The Hall–Kier alpha value is 0.310. The minimum Gasteiger partial charge on any atom is -0.306 e. The van der Waals surface area contributed by atoms with Gasteiger partial charge in [-0.2, -0.15) is 12.6 Å². The Bertz CT molecular complexity index is 217. The third-order valence-corrected chi connectivity index (χ3v) is 5.57. The first-order valence-corrected chi connectivity index (χ1v) is 8.17. The maximum absolute atomic E-state index is 4.67. The summed E-state index contributed by atoms with van der Waals surface area (Å²) in [5.74, 6) is 2.09. The zero-order valence-electron chi connectivity index (χ0n) is 11.5. The zero-order chi connectivity index (χ0) is 12.1. The van der Waals surface area contributed by atoms with Gasteiger partial charge in [-0.05, 0) is 49.8 Å². The summed E-state index contributed by atoms with van der Waals surface area (Å²) < 4.78 is 0. The average molecular weight is 255 g/mol. The molecule has 2 rings (SSSR count). The molecule has 100 valence electrons. The fraction of sp³-hybridized carbons (Fsp3) is 1.00. The van der Waals surface area contributed by atoms with Crippen LogP contribution in [0.3, 0.4) is 0 Å². The van der Waals surface area contributed by atoms with Crippen LogP contribution < -0.4 is 0 Å². The van der Waals surface area contributed by atoms with Crippen LogP contribution in [0.4, 0.5) is 0 Å². The Labute approximate surface area is 113 Å². The predicted octanol–water partition coefficient (Wildman–Crippen LogP) is 3.99. The van der Waals surface area contributed by atoms with E-state index >= 15 is 0 Å². The SMILES string of the molecule is CN(CC1CCC1)CC1(CS)CCCCCC1. The smallest absolute Gasteiger partial charge is 0.00429 e. The van der Waals surface area contributed by atoms with Gasteiger partial charge in [0.2, 0.25) is 0 Å². The standard InChI is InChI=1S/C15H29NS/c1-16(11-14-7-6-8-14)12-15(13-17)9-4-2-3-5-10-15/h14,17H,2-13H2,1H3. The first-order valence-electron chi connectivity index (χ1n) is 7.53. The molecule has 2 saturated carbocycles. The van der Waals surface area contributed by atoms with E-state index in [1.807, 2.05) is 0 Å². The Morgan fingerprint density at radius 3 is 2.18 bits per heavy atom. The summed E-state index contributed by atoms with van der Waals surface area (Å²) in [5, 5.41) is 0. The molecule has 2 aliphatic rings. The first-order chi connectivity index (χ1) is 8.24. The number of hydrogen-bond donors (Lipinski definition) is 1. The highest BCUT2D eigenvalue weighted by Gasteiger charge is 2.31. The quantitative estimate of drug-likeness (QED) is 0.574. The monoisotopic (exact) mass is 255 g/mol.